The summed E-state index contributed by atoms with van der Waals surface area (Å²) in [6, 6.07) is 7.87. The van der Waals surface area contributed by atoms with Gasteiger partial charge in [0.1, 0.15) is 5.82 Å². The lowest BCUT2D eigenvalue weighted by Crippen LogP contribution is -2.31. The van der Waals surface area contributed by atoms with E-state index in [4.69, 9.17) is 16.7 Å². The highest BCUT2D eigenvalue weighted by molar-refractivity contribution is 6.28. The molecule has 1 amide bonds. The molecule has 0 saturated carbocycles. The van der Waals surface area contributed by atoms with E-state index < -0.39 is 6.09 Å². The van der Waals surface area contributed by atoms with E-state index in [0.29, 0.717) is 18.9 Å². The minimum absolute atomic E-state index is 0.179. The number of benzene rings is 1. The van der Waals surface area contributed by atoms with Crippen LogP contribution >= 0.6 is 11.6 Å². The molecule has 2 heterocycles. The Balaban J connectivity index is 1.80. The number of anilines is 1. The van der Waals surface area contributed by atoms with Gasteiger partial charge in [0, 0.05) is 24.5 Å². The molecule has 7 heteroatoms. The monoisotopic (exact) mass is 320 g/mol. The molecule has 22 heavy (non-hydrogen) atoms. The van der Waals surface area contributed by atoms with E-state index in [9.17, 15) is 4.79 Å². The molecular weight excluding hydrogens is 304 g/mol. The van der Waals surface area contributed by atoms with Crippen LogP contribution in [0.4, 0.5) is 10.6 Å². The molecule has 0 spiro atoms. The number of rotatable bonds is 2. The number of para-hydroxylation sites is 1. The van der Waals surface area contributed by atoms with Crippen LogP contribution in [-0.4, -0.2) is 45.2 Å². The molecule has 116 valence electrons. The molecular formula is C15H17ClN4O2. The molecule has 0 radical (unpaired) electrons. The van der Waals surface area contributed by atoms with E-state index >= 15 is 0 Å². The topological polar surface area (TPSA) is 78.4 Å². The fourth-order valence-corrected chi connectivity index (χ4v) is 2.96. The van der Waals surface area contributed by atoms with Crippen LogP contribution < -0.4 is 5.32 Å². The van der Waals surface area contributed by atoms with E-state index in [-0.39, 0.29) is 11.3 Å². The quantitative estimate of drug-likeness (QED) is 0.831. The zero-order chi connectivity index (χ0) is 15.5. The van der Waals surface area contributed by atoms with Gasteiger partial charge in [-0.05, 0) is 43.0 Å². The smallest absolute Gasteiger partial charge is 0.407 e. The molecule has 1 unspecified atom stereocenters. The van der Waals surface area contributed by atoms with Gasteiger partial charge in [-0.25, -0.2) is 14.8 Å². The van der Waals surface area contributed by atoms with Crippen molar-refractivity contribution in [3.8, 4) is 0 Å². The van der Waals surface area contributed by atoms with Gasteiger partial charge in [-0.3, -0.25) is 0 Å². The van der Waals surface area contributed by atoms with Crippen molar-refractivity contribution in [3.05, 3.63) is 29.5 Å². The molecule has 0 bridgehead atoms. The lowest BCUT2D eigenvalue weighted by molar-refractivity contribution is 0.147. The maximum absolute atomic E-state index is 11.1. The molecule has 1 aromatic carbocycles. The third kappa shape index (κ3) is 3.22. The van der Waals surface area contributed by atoms with Crippen LogP contribution in [-0.2, 0) is 0 Å². The lowest BCUT2D eigenvalue weighted by atomic mass is 10.1. The zero-order valence-electron chi connectivity index (χ0n) is 12.0. The van der Waals surface area contributed by atoms with Crippen molar-refractivity contribution < 1.29 is 9.90 Å². The minimum atomic E-state index is -0.851. The fraction of sp³-hybridized carbons (Fsp3) is 0.400. The normalized spacial score (nSPS) is 19.0. The molecule has 6 nitrogen and oxygen atoms in total. The Bertz CT molecular complexity index is 694. The Labute approximate surface area is 133 Å². The highest BCUT2D eigenvalue weighted by atomic mass is 35.5. The van der Waals surface area contributed by atoms with Crippen molar-refractivity contribution in [2.75, 3.05) is 18.4 Å². The third-order valence-electron chi connectivity index (χ3n) is 3.92. The SMILES string of the molecule is O=C(O)N1CCCC(Nc2nc(Cl)nc3ccccc23)CC1. The average molecular weight is 321 g/mol. The number of hydrogen-bond donors (Lipinski definition) is 2. The first-order valence-electron chi connectivity index (χ1n) is 7.30. The number of carboxylic acid groups (broad SMARTS) is 1. The summed E-state index contributed by atoms with van der Waals surface area (Å²) in [5, 5.41) is 13.6. The summed E-state index contributed by atoms with van der Waals surface area (Å²) < 4.78 is 0. The molecule has 1 atom stereocenters. The van der Waals surface area contributed by atoms with Gasteiger partial charge in [0.15, 0.2) is 0 Å². The zero-order valence-corrected chi connectivity index (χ0v) is 12.8. The number of hydrogen-bond acceptors (Lipinski definition) is 4. The van der Waals surface area contributed by atoms with Gasteiger partial charge in [-0.15, -0.1) is 0 Å². The number of nitrogens with zero attached hydrogens (tertiary/aromatic N) is 3. The first kappa shape index (κ1) is 14.8. The first-order chi connectivity index (χ1) is 10.6. The number of halogens is 1. The summed E-state index contributed by atoms with van der Waals surface area (Å²) in [4.78, 5) is 21.0. The number of carbonyl (C=O) groups is 1. The summed E-state index contributed by atoms with van der Waals surface area (Å²) in [6.45, 7) is 1.11. The second-order valence-corrected chi connectivity index (χ2v) is 5.74. The van der Waals surface area contributed by atoms with Gasteiger partial charge in [-0.2, -0.15) is 0 Å². The molecule has 0 aliphatic carbocycles. The van der Waals surface area contributed by atoms with Crippen LogP contribution in [0.3, 0.4) is 0 Å². The van der Waals surface area contributed by atoms with Crippen molar-refractivity contribution in [3.63, 3.8) is 0 Å². The van der Waals surface area contributed by atoms with Gasteiger partial charge in [0.2, 0.25) is 5.28 Å². The predicted octanol–water partition coefficient (Wildman–Crippen LogP) is 3.23. The van der Waals surface area contributed by atoms with Gasteiger partial charge in [0.05, 0.1) is 5.52 Å². The Morgan fingerprint density at radius 2 is 2.09 bits per heavy atom. The Hall–Kier alpha value is -2.08. The van der Waals surface area contributed by atoms with Crippen molar-refractivity contribution in [1.82, 2.24) is 14.9 Å². The molecule has 1 fully saturated rings. The van der Waals surface area contributed by atoms with Crippen molar-refractivity contribution in [2.45, 2.75) is 25.3 Å². The van der Waals surface area contributed by atoms with Crippen LogP contribution in [0.2, 0.25) is 5.28 Å². The van der Waals surface area contributed by atoms with Gasteiger partial charge in [0.25, 0.3) is 0 Å². The molecule has 1 aliphatic rings. The summed E-state index contributed by atoms with van der Waals surface area (Å²) in [6.07, 6.45) is 1.64. The van der Waals surface area contributed by atoms with E-state index in [1.165, 1.54) is 4.90 Å². The summed E-state index contributed by atoms with van der Waals surface area (Å²) in [5.74, 6) is 0.712. The second kappa shape index (κ2) is 6.36. The largest absolute Gasteiger partial charge is 0.465 e. The minimum Gasteiger partial charge on any atom is -0.465 e. The van der Waals surface area contributed by atoms with Crippen LogP contribution in [0, 0.1) is 0 Å². The lowest BCUT2D eigenvalue weighted by Gasteiger charge is -2.19. The van der Waals surface area contributed by atoms with Gasteiger partial charge in [-0.1, -0.05) is 12.1 Å². The van der Waals surface area contributed by atoms with Crippen LogP contribution in [0.5, 0.6) is 0 Å². The van der Waals surface area contributed by atoms with Crippen LogP contribution in [0.1, 0.15) is 19.3 Å². The number of amides is 1. The number of nitrogens with one attached hydrogen (secondary N) is 1. The number of likely N-dealkylation sites (tertiary alicyclic amines) is 1. The van der Waals surface area contributed by atoms with Crippen molar-refractivity contribution >= 4 is 34.4 Å². The molecule has 2 N–H and O–H groups in total. The molecule has 1 aromatic heterocycles. The maximum Gasteiger partial charge on any atom is 0.407 e. The molecule has 1 aliphatic heterocycles. The van der Waals surface area contributed by atoms with E-state index in [2.05, 4.69) is 15.3 Å². The summed E-state index contributed by atoms with van der Waals surface area (Å²) in [5.41, 5.74) is 0.797. The Morgan fingerprint density at radius 1 is 1.27 bits per heavy atom. The second-order valence-electron chi connectivity index (χ2n) is 5.40. The highest BCUT2D eigenvalue weighted by Crippen LogP contribution is 2.24. The number of fused-ring (bicyclic) bond motifs is 1. The number of aromatic nitrogens is 2. The molecule has 3 rings (SSSR count). The van der Waals surface area contributed by atoms with E-state index in [0.717, 1.165) is 30.2 Å². The Kier molecular flexibility index (Phi) is 4.29. The highest BCUT2D eigenvalue weighted by Gasteiger charge is 2.20. The average Bonchev–Trinajstić information content (AvgIpc) is 2.73. The standard InChI is InChI=1S/C15H17ClN4O2/c16-14-18-12-6-2-1-5-11(12)13(19-14)17-10-4-3-8-20(9-7-10)15(21)22/h1-2,5-6,10H,3-4,7-9H2,(H,21,22)(H,17,18,19). The van der Waals surface area contributed by atoms with Crippen LogP contribution in [0.15, 0.2) is 24.3 Å². The predicted molar refractivity (Wildman–Crippen MR) is 85.4 cm³/mol. The summed E-state index contributed by atoms with van der Waals surface area (Å²) >= 11 is 5.99. The molecule has 2 aromatic rings. The Morgan fingerprint density at radius 3 is 2.91 bits per heavy atom. The molecule has 1 saturated heterocycles. The van der Waals surface area contributed by atoms with E-state index in [1.807, 2.05) is 24.3 Å². The maximum atomic E-state index is 11.1. The first-order valence-corrected chi connectivity index (χ1v) is 7.68. The van der Waals surface area contributed by atoms with Crippen molar-refractivity contribution in [2.24, 2.45) is 0 Å². The fourth-order valence-electron chi connectivity index (χ4n) is 2.78. The third-order valence-corrected chi connectivity index (χ3v) is 4.08. The summed E-state index contributed by atoms with van der Waals surface area (Å²) in [7, 11) is 0. The van der Waals surface area contributed by atoms with Gasteiger partial charge < -0.3 is 15.3 Å². The van der Waals surface area contributed by atoms with Crippen LogP contribution in [0.25, 0.3) is 10.9 Å². The van der Waals surface area contributed by atoms with Gasteiger partial charge >= 0.3 is 6.09 Å². The van der Waals surface area contributed by atoms with Crippen molar-refractivity contribution in [1.29, 1.82) is 0 Å². The van der Waals surface area contributed by atoms with E-state index in [1.54, 1.807) is 0 Å².